The van der Waals surface area contributed by atoms with Gasteiger partial charge in [0.25, 0.3) is 5.56 Å². The van der Waals surface area contributed by atoms with E-state index < -0.39 is 21.5 Å². The van der Waals surface area contributed by atoms with Gasteiger partial charge in [-0.05, 0) is 42.5 Å². The van der Waals surface area contributed by atoms with E-state index in [2.05, 4.69) is 10.3 Å². The third kappa shape index (κ3) is 4.48. The number of hydrogen-bond donors (Lipinski definition) is 3. The van der Waals surface area contributed by atoms with E-state index in [0.29, 0.717) is 43.2 Å². The lowest BCUT2D eigenvalue weighted by Crippen LogP contribution is -2.40. The highest BCUT2D eigenvalue weighted by atomic mass is 32.2. The van der Waals surface area contributed by atoms with E-state index in [0.717, 1.165) is 4.57 Å². The van der Waals surface area contributed by atoms with Crippen LogP contribution in [0.15, 0.2) is 58.5 Å². The summed E-state index contributed by atoms with van der Waals surface area (Å²) >= 11 is 0. The van der Waals surface area contributed by atoms with Crippen molar-refractivity contribution in [3.8, 4) is 0 Å². The SMILES string of the molecule is O=C(Cn1cnc2ccc(NO)cc2c1=O)Nc1ccc(S(=O)(=O)N2CCOCC2)cc1. The Balaban J connectivity index is 1.46. The molecule has 0 atom stereocenters. The van der Waals surface area contributed by atoms with Gasteiger partial charge in [-0.3, -0.25) is 24.8 Å². The van der Waals surface area contributed by atoms with Crippen LogP contribution in [0.5, 0.6) is 0 Å². The summed E-state index contributed by atoms with van der Waals surface area (Å²) in [5.41, 5.74) is 2.68. The Morgan fingerprint density at radius 2 is 1.78 bits per heavy atom. The van der Waals surface area contributed by atoms with Crippen molar-refractivity contribution in [3.63, 3.8) is 0 Å². The van der Waals surface area contributed by atoms with E-state index in [-0.39, 0.29) is 16.8 Å². The summed E-state index contributed by atoms with van der Waals surface area (Å²) < 4.78 is 33.0. The quantitative estimate of drug-likeness (QED) is 0.461. The van der Waals surface area contributed by atoms with Crippen molar-refractivity contribution < 1.29 is 23.2 Å². The zero-order valence-electron chi connectivity index (χ0n) is 16.9. The molecule has 4 rings (SSSR count). The van der Waals surface area contributed by atoms with Gasteiger partial charge >= 0.3 is 0 Å². The highest BCUT2D eigenvalue weighted by molar-refractivity contribution is 7.89. The molecule has 1 aliphatic rings. The standard InChI is InChI=1S/C20H21N5O6S/c26-19(12-24-13-21-18-6-3-15(23-28)11-17(18)20(24)27)22-14-1-4-16(5-2-14)32(29,30)25-7-9-31-10-8-25/h1-6,11,13,23,28H,7-10,12H2,(H,22,26). The number of hydrogen-bond acceptors (Lipinski definition) is 8. The number of sulfonamides is 1. The molecule has 1 aromatic heterocycles. The number of carbonyl (C=O) groups excluding carboxylic acids is 1. The molecule has 1 amide bonds. The number of carbonyl (C=O) groups is 1. The van der Waals surface area contributed by atoms with E-state index in [1.807, 2.05) is 5.48 Å². The first-order valence-corrected chi connectivity index (χ1v) is 11.2. The molecule has 12 heteroatoms. The molecule has 32 heavy (non-hydrogen) atoms. The summed E-state index contributed by atoms with van der Waals surface area (Å²) in [5, 5.41) is 11.9. The third-order valence-corrected chi connectivity index (χ3v) is 6.93. The average Bonchev–Trinajstić information content (AvgIpc) is 2.81. The molecule has 2 aromatic carbocycles. The molecule has 1 fully saturated rings. The lowest BCUT2D eigenvalue weighted by molar-refractivity contribution is -0.116. The molecule has 0 unspecified atom stereocenters. The molecule has 2 heterocycles. The summed E-state index contributed by atoms with van der Waals surface area (Å²) in [4.78, 5) is 29.4. The first-order chi connectivity index (χ1) is 15.4. The Bertz CT molecular complexity index is 1300. The summed E-state index contributed by atoms with van der Waals surface area (Å²) in [6, 6.07) is 10.4. The molecule has 0 bridgehead atoms. The van der Waals surface area contributed by atoms with Gasteiger partial charge in [-0.15, -0.1) is 0 Å². The van der Waals surface area contributed by atoms with Crippen LogP contribution in [0.1, 0.15) is 0 Å². The Kier molecular flexibility index (Phi) is 6.19. The number of nitrogens with one attached hydrogen (secondary N) is 2. The second-order valence-electron chi connectivity index (χ2n) is 7.11. The van der Waals surface area contributed by atoms with Crippen molar-refractivity contribution in [1.29, 1.82) is 0 Å². The van der Waals surface area contributed by atoms with Crippen LogP contribution in [0.4, 0.5) is 11.4 Å². The largest absolute Gasteiger partial charge is 0.379 e. The molecule has 1 saturated heterocycles. The minimum absolute atomic E-state index is 0.126. The molecule has 0 radical (unpaired) electrons. The van der Waals surface area contributed by atoms with E-state index >= 15 is 0 Å². The lowest BCUT2D eigenvalue weighted by Gasteiger charge is -2.26. The van der Waals surface area contributed by atoms with E-state index in [1.54, 1.807) is 12.1 Å². The van der Waals surface area contributed by atoms with Crippen LogP contribution in [-0.2, 0) is 26.1 Å². The van der Waals surface area contributed by atoms with Gasteiger partial charge in [-0.1, -0.05) is 0 Å². The van der Waals surface area contributed by atoms with Crippen molar-refractivity contribution in [3.05, 3.63) is 59.1 Å². The molecule has 168 valence electrons. The normalized spacial score (nSPS) is 14.9. The van der Waals surface area contributed by atoms with Crippen LogP contribution in [0.25, 0.3) is 10.9 Å². The molecule has 3 aromatic rings. The van der Waals surface area contributed by atoms with Gasteiger partial charge in [0.15, 0.2) is 0 Å². The minimum atomic E-state index is -3.62. The second kappa shape index (κ2) is 9.04. The smallest absolute Gasteiger partial charge is 0.261 e. The fourth-order valence-electron chi connectivity index (χ4n) is 3.34. The van der Waals surface area contributed by atoms with Crippen LogP contribution >= 0.6 is 0 Å². The van der Waals surface area contributed by atoms with Gasteiger partial charge in [0.1, 0.15) is 6.54 Å². The molecule has 3 N–H and O–H groups in total. The van der Waals surface area contributed by atoms with Crippen molar-refractivity contribution >= 4 is 38.2 Å². The van der Waals surface area contributed by atoms with Crippen LogP contribution in [-0.4, -0.2) is 59.7 Å². The monoisotopic (exact) mass is 459 g/mol. The van der Waals surface area contributed by atoms with Gasteiger partial charge in [0, 0.05) is 18.8 Å². The predicted octanol–water partition coefficient (Wildman–Crippen LogP) is 0.857. The Labute approximate surface area is 183 Å². The number of anilines is 2. The lowest BCUT2D eigenvalue weighted by atomic mass is 10.2. The van der Waals surface area contributed by atoms with Crippen molar-refractivity contribution in [2.24, 2.45) is 0 Å². The first kappa shape index (κ1) is 21.9. The zero-order chi connectivity index (χ0) is 22.7. The van der Waals surface area contributed by atoms with Crippen molar-refractivity contribution in [2.45, 2.75) is 11.4 Å². The van der Waals surface area contributed by atoms with E-state index in [1.165, 1.54) is 41.0 Å². The summed E-state index contributed by atoms with van der Waals surface area (Å²) in [6.07, 6.45) is 1.27. The summed E-state index contributed by atoms with van der Waals surface area (Å²) in [5.74, 6) is -0.478. The topological polar surface area (TPSA) is 143 Å². The Morgan fingerprint density at radius 1 is 1.09 bits per heavy atom. The molecular weight excluding hydrogens is 438 g/mol. The van der Waals surface area contributed by atoms with Gasteiger partial charge in [0.2, 0.25) is 15.9 Å². The number of ether oxygens (including phenoxy) is 1. The van der Waals surface area contributed by atoms with Crippen LogP contribution in [0, 0.1) is 0 Å². The van der Waals surface area contributed by atoms with Crippen molar-refractivity contribution in [1.82, 2.24) is 13.9 Å². The Morgan fingerprint density at radius 3 is 2.47 bits per heavy atom. The molecular formula is C20H21N5O6S. The highest BCUT2D eigenvalue weighted by Gasteiger charge is 2.26. The summed E-state index contributed by atoms with van der Waals surface area (Å²) in [6.45, 7) is 1.02. The fraction of sp³-hybridized carbons (Fsp3) is 0.250. The summed E-state index contributed by atoms with van der Waals surface area (Å²) in [7, 11) is -3.62. The molecule has 11 nitrogen and oxygen atoms in total. The van der Waals surface area contributed by atoms with Crippen molar-refractivity contribution in [2.75, 3.05) is 37.1 Å². The maximum Gasteiger partial charge on any atom is 0.261 e. The molecule has 1 aliphatic heterocycles. The second-order valence-corrected chi connectivity index (χ2v) is 9.05. The number of nitrogens with zero attached hydrogens (tertiary/aromatic N) is 3. The maximum absolute atomic E-state index is 12.7. The number of rotatable bonds is 6. The number of fused-ring (bicyclic) bond motifs is 1. The number of benzene rings is 2. The van der Waals surface area contributed by atoms with E-state index in [4.69, 9.17) is 9.94 Å². The Hall–Kier alpha value is -3.32. The molecule has 0 spiro atoms. The average molecular weight is 459 g/mol. The number of aromatic nitrogens is 2. The molecule has 0 aliphatic carbocycles. The van der Waals surface area contributed by atoms with Crippen LogP contribution in [0.2, 0.25) is 0 Å². The minimum Gasteiger partial charge on any atom is -0.379 e. The van der Waals surface area contributed by atoms with Gasteiger partial charge in [0.05, 0.1) is 41.0 Å². The third-order valence-electron chi connectivity index (χ3n) is 5.01. The van der Waals surface area contributed by atoms with Gasteiger partial charge < -0.3 is 10.1 Å². The number of amides is 1. The highest BCUT2D eigenvalue weighted by Crippen LogP contribution is 2.19. The predicted molar refractivity (Wildman–Crippen MR) is 116 cm³/mol. The fourth-order valence-corrected chi connectivity index (χ4v) is 4.75. The maximum atomic E-state index is 12.7. The zero-order valence-corrected chi connectivity index (χ0v) is 17.7. The van der Waals surface area contributed by atoms with Crippen LogP contribution in [0.3, 0.4) is 0 Å². The number of morpholine rings is 1. The van der Waals surface area contributed by atoms with Crippen LogP contribution < -0.4 is 16.4 Å². The van der Waals surface area contributed by atoms with Gasteiger partial charge in [-0.2, -0.15) is 4.31 Å². The van der Waals surface area contributed by atoms with Gasteiger partial charge in [-0.25, -0.2) is 13.4 Å². The first-order valence-electron chi connectivity index (χ1n) is 9.75. The van der Waals surface area contributed by atoms with E-state index in [9.17, 15) is 18.0 Å². The molecule has 0 saturated carbocycles.